The first kappa shape index (κ1) is 15.9. The predicted molar refractivity (Wildman–Crippen MR) is 89.6 cm³/mol. The first-order valence-corrected chi connectivity index (χ1v) is 7.99. The van der Waals surface area contributed by atoms with Crippen molar-refractivity contribution >= 4 is 11.7 Å². The van der Waals surface area contributed by atoms with E-state index in [2.05, 4.69) is 27.3 Å². The lowest BCUT2D eigenvalue weighted by Gasteiger charge is -2.08. The molecule has 3 heterocycles. The molecule has 0 saturated carbocycles. The van der Waals surface area contributed by atoms with E-state index in [0.717, 1.165) is 19.3 Å². The lowest BCUT2D eigenvalue weighted by Crippen LogP contribution is -2.14. The second-order valence-corrected chi connectivity index (χ2v) is 5.37. The van der Waals surface area contributed by atoms with E-state index in [9.17, 15) is 4.79 Å². The van der Waals surface area contributed by atoms with E-state index in [1.54, 1.807) is 47.6 Å². The highest BCUT2D eigenvalue weighted by molar-refractivity contribution is 5.90. The topological polar surface area (TPSA) is 85.8 Å². The third kappa shape index (κ3) is 3.87. The molecular weight excluding hydrogens is 306 g/mol. The van der Waals surface area contributed by atoms with Gasteiger partial charge in [0.1, 0.15) is 5.82 Å². The number of hydrogen-bond acceptors (Lipinski definition) is 5. The number of amides is 1. The SMILES string of the molecule is CCCCCC(=O)Nc1cc(-n2cccn2)nc(-c2ccco2)n1. The van der Waals surface area contributed by atoms with Crippen LogP contribution in [0.4, 0.5) is 5.82 Å². The quantitative estimate of drug-likeness (QED) is 0.672. The maximum Gasteiger partial charge on any atom is 0.225 e. The number of rotatable bonds is 7. The zero-order valence-electron chi connectivity index (χ0n) is 13.5. The van der Waals surface area contributed by atoms with Crippen LogP contribution in [0.25, 0.3) is 17.4 Å². The summed E-state index contributed by atoms with van der Waals surface area (Å²) in [5, 5.41) is 7.01. The number of carbonyl (C=O) groups is 1. The number of unbranched alkanes of at least 4 members (excludes halogenated alkanes) is 2. The summed E-state index contributed by atoms with van der Waals surface area (Å²) in [7, 11) is 0. The number of nitrogens with zero attached hydrogens (tertiary/aromatic N) is 4. The van der Waals surface area contributed by atoms with Crippen LogP contribution in [0.3, 0.4) is 0 Å². The number of nitrogens with one attached hydrogen (secondary N) is 1. The van der Waals surface area contributed by atoms with Crippen molar-refractivity contribution < 1.29 is 9.21 Å². The number of carbonyl (C=O) groups excluding carboxylic acids is 1. The molecule has 0 unspecified atom stereocenters. The van der Waals surface area contributed by atoms with Crippen LogP contribution in [0, 0.1) is 0 Å². The lowest BCUT2D eigenvalue weighted by molar-refractivity contribution is -0.116. The maximum atomic E-state index is 12.1. The van der Waals surface area contributed by atoms with E-state index in [0.29, 0.717) is 29.6 Å². The maximum absolute atomic E-state index is 12.1. The molecule has 3 rings (SSSR count). The molecule has 0 radical (unpaired) electrons. The minimum absolute atomic E-state index is 0.0565. The normalized spacial score (nSPS) is 10.7. The Balaban J connectivity index is 1.86. The molecule has 0 fully saturated rings. The van der Waals surface area contributed by atoms with Crippen LogP contribution in [0.15, 0.2) is 47.3 Å². The monoisotopic (exact) mass is 325 g/mol. The van der Waals surface area contributed by atoms with Crippen molar-refractivity contribution in [3.05, 3.63) is 42.9 Å². The summed E-state index contributed by atoms with van der Waals surface area (Å²) >= 11 is 0. The molecule has 1 N–H and O–H groups in total. The lowest BCUT2D eigenvalue weighted by atomic mass is 10.2. The zero-order chi connectivity index (χ0) is 16.8. The van der Waals surface area contributed by atoms with Gasteiger partial charge in [0, 0.05) is 24.9 Å². The Hall–Kier alpha value is -2.96. The van der Waals surface area contributed by atoms with Gasteiger partial charge in [-0.25, -0.2) is 14.6 Å². The molecule has 3 aromatic rings. The van der Waals surface area contributed by atoms with E-state index in [4.69, 9.17) is 4.42 Å². The van der Waals surface area contributed by atoms with Gasteiger partial charge in [-0.3, -0.25) is 4.79 Å². The second kappa shape index (κ2) is 7.54. The first-order valence-electron chi connectivity index (χ1n) is 7.99. The van der Waals surface area contributed by atoms with Crippen molar-refractivity contribution in [1.82, 2.24) is 19.7 Å². The summed E-state index contributed by atoms with van der Waals surface area (Å²) in [6.07, 6.45) is 8.46. The van der Waals surface area contributed by atoms with Crippen LogP contribution >= 0.6 is 0 Å². The van der Waals surface area contributed by atoms with Gasteiger partial charge < -0.3 is 9.73 Å². The van der Waals surface area contributed by atoms with Crippen molar-refractivity contribution in [2.45, 2.75) is 32.6 Å². The average Bonchev–Trinajstić information content (AvgIpc) is 3.28. The Morgan fingerprint density at radius 3 is 2.92 bits per heavy atom. The highest BCUT2D eigenvalue weighted by Crippen LogP contribution is 2.20. The third-order valence-electron chi connectivity index (χ3n) is 3.47. The van der Waals surface area contributed by atoms with Crippen LogP contribution in [-0.2, 0) is 4.79 Å². The second-order valence-electron chi connectivity index (χ2n) is 5.37. The molecule has 7 heteroatoms. The molecule has 0 aliphatic rings. The first-order chi connectivity index (χ1) is 11.8. The van der Waals surface area contributed by atoms with Crippen molar-refractivity contribution in [3.63, 3.8) is 0 Å². The van der Waals surface area contributed by atoms with Gasteiger partial charge in [-0.05, 0) is 24.6 Å². The molecule has 124 valence electrons. The molecule has 0 aliphatic carbocycles. The van der Waals surface area contributed by atoms with Gasteiger partial charge in [0.25, 0.3) is 0 Å². The Morgan fingerprint density at radius 2 is 2.21 bits per heavy atom. The van der Waals surface area contributed by atoms with E-state index in [-0.39, 0.29) is 5.91 Å². The Kier molecular flexibility index (Phi) is 5.00. The summed E-state index contributed by atoms with van der Waals surface area (Å²) in [6.45, 7) is 2.11. The van der Waals surface area contributed by atoms with Gasteiger partial charge in [-0.15, -0.1) is 0 Å². The summed E-state index contributed by atoms with van der Waals surface area (Å²) in [4.78, 5) is 20.9. The summed E-state index contributed by atoms with van der Waals surface area (Å²) in [5.74, 6) is 1.87. The fraction of sp³-hybridized carbons (Fsp3) is 0.294. The molecule has 0 atom stereocenters. The predicted octanol–water partition coefficient (Wildman–Crippen LogP) is 3.44. The van der Waals surface area contributed by atoms with E-state index < -0.39 is 0 Å². The van der Waals surface area contributed by atoms with E-state index in [1.807, 2.05) is 0 Å². The van der Waals surface area contributed by atoms with E-state index in [1.165, 1.54) is 0 Å². The van der Waals surface area contributed by atoms with Crippen LogP contribution in [0.2, 0.25) is 0 Å². The molecular formula is C17H19N5O2. The standard InChI is InChI=1S/C17H19N5O2/c1-2-3-4-8-16(23)19-14-12-15(22-10-6-9-18-22)21-17(20-14)13-7-5-11-24-13/h5-7,9-12H,2-4,8H2,1H3,(H,19,20,21,23). The summed E-state index contributed by atoms with van der Waals surface area (Å²) in [6, 6.07) is 7.03. The molecule has 0 bridgehead atoms. The Morgan fingerprint density at radius 1 is 1.29 bits per heavy atom. The van der Waals surface area contributed by atoms with Crippen LogP contribution < -0.4 is 5.32 Å². The largest absolute Gasteiger partial charge is 0.461 e. The number of anilines is 1. The molecule has 1 amide bonds. The molecule has 0 saturated heterocycles. The van der Waals surface area contributed by atoms with Gasteiger partial charge in [0.2, 0.25) is 5.91 Å². The van der Waals surface area contributed by atoms with Crippen molar-refractivity contribution in [2.75, 3.05) is 5.32 Å². The third-order valence-corrected chi connectivity index (χ3v) is 3.47. The van der Waals surface area contributed by atoms with Gasteiger partial charge in [-0.2, -0.15) is 5.10 Å². The molecule has 0 aliphatic heterocycles. The summed E-state index contributed by atoms with van der Waals surface area (Å²) in [5.41, 5.74) is 0. The van der Waals surface area contributed by atoms with Crippen molar-refractivity contribution in [2.24, 2.45) is 0 Å². The number of aromatic nitrogens is 4. The van der Waals surface area contributed by atoms with Gasteiger partial charge in [-0.1, -0.05) is 19.8 Å². The molecule has 7 nitrogen and oxygen atoms in total. The van der Waals surface area contributed by atoms with Gasteiger partial charge in [0.05, 0.1) is 6.26 Å². The average molecular weight is 325 g/mol. The van der Waals surface area contributed by atoms with Crippen LogP contribution in [0.5, 0.6) is 0 Å². The molecule has 24 heavy (non-hydrogen) atoms. The highest BCUT2D eigenvalue weighted by atomic mass is 16.3. The zero-order valence-corrected chi connectivity index (χ0v) is 13.5. The fourth-order valence-electron chi connectivity index (χ4n) is 2.28. The Bertz CT molecular complexity index is 729. The molecule has 3 aromatic heterocycles. The fourth-order valence-corrected chi connectivity index (χ4v) is 2.28. The van der Waals surface area contributed by atoms with Crippen molar-refractivity contribution in [3.8, 4) is 17.4 Å². The van der Waals surface area contributed by atoms with Crippen LogP contribution in [-0.4, -0.2) is 25.7 Å². The van der Waals surface area contributed by atoms with Crippen molar-refractivity contribution in [1.29, 1.82) is 0 Å². The Labute approximate surface area is 139 Å². The van der Waals surface area contributed by atoms with E-state index >= 15 is 0 Å². The van der Waals surface area contributed by atoms with Gasteiger partial charge in [0.15, 0.2) is 17.4 Å². The highest BCUT2D eigenvalue weighted by Gasteiger charge is 2.12. The molecule has 0 spiro atoms. The van der Waals surface area contributed by atoms with Crippen LogP contribution in [0.1, 0.15) is 32.6 Å². The van der Waals surface area contributed by atoms with Gasteiger partial charge >= 0.3 is 0 Å². The minimum Gasteiger partial charge on any atom is -0.461 e. The molecule has 0 aromatic carbocycles. The minimum atomic E-state index is -0.0565. The summed E-state index contributed by atoms with van der Waals surface area (Å²) < 4.78 is 6.98. The number of hydrogen-bond donors (Lipinski definition) is 1. The smallest absolute Gasteiger partial charge is 0.225 e. The number of furan rings is 1.